The fourth-order valence-corrected chi connectivity index (χ4v) is 2.49. The Morgan fingerprint density at radius 3 is 2.38 bits per heavy atom. The lowest BCUT2D eigenvalue weighted by Gasteiger charge is -2.20. The molecule has 0 saturated heterocycles. The number of ether oxygens (including phenoxy) is 3. The maximum atomic E-state index is 13.9. The van der Waals surface area contributed by atoms with Gasteiger partial charge in [0, 0.05) is 12.3 Å². The Labute approximate surface area is 165 Å². The van der Waals surface area contributed by atoms with Crippen molar-refractivity contribution in [3.05, 3.63) is 84.8 Å². The highest BCUT2D eigenvalue weighted by Gasteiger charge is 2.40. The minimum absolute atomic E-state index is 0.0810. The van der Waals surface area contributed by atoms with Gasteiger partial charge in [-0.1, -0.05) is 43.0 Å². The van der Waals surface area contributed by atoms with E-state index in [0.717, 1.165) is 0 Å². The van der Waals surface area contributed by atoms with Crippen LogP contribution in [0.1, 0.15) is 11.1 Å². The van der Waals surface area contributed by atoms with Gasteiger partial charge in [0.15, 0.2) is 11.5 Å². The normalized spacial score (nSPS) is 11.0. The van der Waals surface area contributed by atoms with Crippen molar-refractivity contribution in [1.29, 1.82) is 0 Å². The Morgan fingerprint density at radius 2 is 1.72 bits per heavy atom. The van der Waals surface area contributed by atoms with Crippen LogP contribution < -0.4 is 14.2 Å². The van der Waals surface area contributed by atoms with Gasteiger partial charge in [0.1, 0.15) is 30.9 Å². The van der Waals surface area contributed by atoms with Crippen molar-refractivity contribution in [3.8, 4) is 23.1 Å². The molecule has 1 heterocycles. The SMILES string of the molecule is C=CCOc1ccc(Oc2ccncn2)c(OCc2ccccc2)c1C(F)(F)F. The van der Waals surface area contributed by atoms with E-state index in [0.29, 0.717) is 5.56 Å². The summed E-state index contributed by atoms with van der Waals surface area (Å²) in [6, 6.07) is 12.8. The average Bonchev–Trinajstić information content (AvgIpc) is 2.72. The van der Waals surface area contributed by atoms with Crippen molar-refractivity contribution in [2.75, 3.05) is 6.61 Å². The van der Waals surface area contributed by atoms with Crippen molar-refractivity contribution in [1.82, 2.24) is 9.97 Å². The summed E-state index contributed by atoms with van der Waals surface area (Å²) < 4.78 is 58.1. The first-order valence-corrected chi connectivity index (χ1v) is 8.57. The second kappa shape index (κ2) is 9.09. The molecule has 150 valence electrons. The van der Waals surface area contributed by atoms with Crippen LogP contribution >= 0.6 is 0 Å². The van der Waals surface area contributed by atoms with Gasteiger partial charge >= 0.3 is 6.18 Å². The van der Waals surface area contributed by atoms with Gasteiger partial charge in [-0.3, -0.25) is 0 Å². The topological polar surface area (TPSA) is 53.5 Å². The highest BCUT2D eigenvalue weighted by Crippen LogP contribution is 2.48. The number of benzene rings is 2. The molecule has 0 unspecified atom stereocenters. The van der Waals surface area contributed by atoms with Gasteiger partial charge < -0.3 is 14.2 Å². The van der Waals surface area contributed by atoms with Crippen LogP contribution in [0.15, 0.2) is 73.7 Å². The van der Waals surface area contributed by atoms with Gasteiger partial charge in [0.05, 0.1) is 0 Å². The van der Waals surface area contributed by atoms with E-state index in [1.54, 1.807) is 30.3 Å². The molecule has 0 aliphatic rings. The smallest absolute Gasteiger partial charge is 0.423 e. The van der Waals surface area contributed by atoms with Crippen LogP contribution in [0.5, 0.6) is 23.1 Å². The summed E-state index contributed by atoms with van der Waals surface area (Å²) >= 11 is 0. The molecule has 0 aliphatic carbocycles. The molecule has 0 amide bonds. The standard InChI is InChI=1S/C21H17F3N2O3/c1-2-12-27-16-8-9-17(29-18-10-11-25-14-26-18)20(19(16)21(22,23)24)28-13-15-6-4-3-5-7-15/h2-11,14H,1,12-13H2. The molecule has 5 nitrogen and oxygen atoms in total. The van der Waals surface area contributed by atoms with E-state index in [1.807, 2.05) is 0 Å². The van der Waals surface area contributed by atoms with Gasteiger partial charge in [0.25, 0.3) is 0 Å². The zero-order chi connectivity index (χ0) is 20.7. The van der Waals surface area contributed by atoms with Crippen LogP contribution in [-0.2, 0) is 12.8 Å². The van der Waals surface area contributed by atoms with E-state index in [2.05, 4.69) is 16.5 Å². The number of nitrogens with zero attached hydrogens (tertiary/aromatic N) is 2. The van der Waals surface area contributed by atoms with Crippen LogP contribution in [0.3, 0.4) is 0 Å². The lowest BCUT2D eigenvalue weighted by Crippen LogP contribution is -2.13. The minimum atomic E-state index is -4.74. The van der Waals surface area contributed by atoms with Crippen molar-refractivity contribution in [3.63, 3.8) is 0 Å². The molecular weight excluding hydrogens is 385 g/mol. The van der Waals surface area contributed by atoms with E-state index in [-0.39, 0.29) is 30.6 Å². The zero-order valence-electron chi connectivity index (χ0n) is 15.2. The van der Waals surface area contributed by atoms with Gasteiger partial charge in [-0.15, -0.1) is 0 Å². The first-order valence-electron chi connectivity index (χ1n) is 8.57. The van der Waals surface area contributed by atoms with Gasteiger partial charge in [0.2, 0.25) is 5.88 Å². The van der Waals surface area contributed by atoms with Crippen LogP contribution in [-0.4, -0.2) is 16.6 Å². The minimum Gasteiger partial charge on any atom is -0.489 e. The fourth-order valence-electron chi connectivity index (χ4n) is 2.49. The quantitative estimate of drug-likeness (QED) is 0.470. The lowest BCUT2D eigenvalue weighted by atomic mass is 10.1. The molecule has 0 N–H and O–H groups in total. The lowest BCUT2D eigenvalue weighted by molar-refractivity contribution is -0.140. The molecule has 8 heteroatoms. The summed E-state index contributed by atoms with van der Waals surface area (Å²) in [5.74, 6) is -0.924. The second-order valence-corrected chi connectivity index (χ2v) is 5.79. The number of halogens is 3. The molecule has 0 bridgehead atoms. The first kappa shape index (κ1) is 20.2. The number of hydrogen-bond donors (Lipinski definition) is 0. The predicted octanol–water partition coefficient (Wildman–Crippen LogP) is 5.43. The summed E-state index contributed by atoms with van der Waals surface area (Å²) in [4.78, 5) is 7.64. The highest BCUT2D eigenvalue weighted by atomic mass is 19.4. The molecule has 0 spiro atoms. The third-order valence-corrected chi connectivity index (χ3v) is 3.72. The number of rotatable bonds is 8. The van der Waals surface area contributed by atoms with Crippen molar-refractivity contribution < 1.29 is 27.4 Å². The summed E-state index contributed by atoms with van der Waals surface area (Å²) in [7, 11) is 0. The van der Waals surface area contributed by atoms with Crippen LogP contribution in [0.2, 0.25) is 0 Å². The third kappa shape index (κ3) is 5.25. The van der Waals surface area contributed by atoms with Crippen molar-refractivity contribution in [2.24, 2.45) is 0 Å². The van der Waals surface area contributed by atoms with E-state index < -0.39 is 17.5 Å². The molecule has 3 aromatic rings. The summed E-state index contributed by atoms with van der Waals surface area (Å²) in [6.45, 7) is 3.28. The molecule has 0 fully saturated rings. The van der Waals surface area contributed by atoms with Crippen LogP contribution in [0, 0.1) is 0 Å². The van der Waals surface area contributed by atoms with Crippen molar-refractivity contribution >= 4 is 0 Å². The first-order chi connectivity index (χ1) is 14.0. The summed E-state index contributed by atoms with van der Waals surface area (Å²) in [5, 5.41) is 0. The zero-order valence-corrected chi connectivity index (χ0v) is 15.2. The predicted molar refractivity (Wildman–Crippen MR) is 100 cm³/mol. The van der Waals surface area contributed by atoms with Gasteiger partial charge in [-0.2, -0.15) is 13.2 Å². The van der Waals surface area contributed by atoms with Gasteiger partial charge in [-0.25, -0.2) is 9.97 Å². The number of aromatic nitrogens is 2. The highest BCUT2D eigenvalue weighted by molar-refractivity contribution is 5.56. The molecule has 0 atom stereocenters. The van der Waals surface area contributed by atoms with E-state index in [9.17, 15) is 13.2 Å². The molecule has 2 aromatic carbocycles. The largest absolute Gasteiger partial charge is 0.489 e. The monoisotopic (exact) mass is 402 g/mol. The maximum absolute atomic E-state index is 13.9. The molecular formula is C21H17F3N2O3. The Hall–Kier alpha value is -3.55. The molecule has 1 aromatic heterocycles. The summed E-state index contributed by atoms with van der Waals surface area (Å²) in [5.41, 5.74) is -0.368. The van der Waals surface area contributed by atoms with Crippen LogP contribution in [0.4, 0.5) is 13.2 Å². The van der Waals surface area contributed by atoms with E-state index in [4.69, 9.17) is 14.2 Å². The fraction of sp³-hybridized carbons (Fsp3) is 0.143. The molecule has 0 saturated carbocycles. The maximum Gasteiger partial charge on any atom is 0.423 e. The van der Waals surface area contributed by atoms with E-state index >= 15 is 0 Å². The summed E-state index contributed by atoms with van der Waals surface area (Å²) in [6.07, 6.45) is -0.741. The van der Waals surface area contributed by atoms with Crippen LogP contribution in [0.25, 0.3) is 0 Å². The molecule has 29 heavy (non-hydrogen) atoms. The third-order valence-electron chi connectivity index (χ3n) is 3.72. The molecule has 0 radical (unpaired) electrons. The second-order valence-electron chi connectivity index (χ2n) is 5.79. The Bertz CT molecular complexity index is 949. The number of alkyl halides is 3. The number of hydrogen-bond acceptors (Lipinski definition) is 5. The van der Waals surface area contributed by atoms with Crippen molar-refractivity contribution in [2.45, 2.75) is 12.8 Å². The molecule has 0 aliphatic heterocycles. The average molecular weight is 402 g/mol. The van der Waals surface area contributed by atoms with E-state index in [1.165, 1.54) is 36.8 Å². The van der Waals surface area contributed by atoms with Gasteiger partial charge in [-0.05, 0) is 17.7 Å². The molecule has 3 rings (SSSR count). The Morgan fingerprint density at radius 1 is 0.966 bits per heavy atom. The Kier molecular flexibility index (Phi) is 6.33. The Balaban J connectivity index is 2.04.